The zero-order chi connectivity index (χ0) is 15.5. The molecule has 0 radical (unpaired) electrons. The van der Waals surface area contributed by atoms with Crippen molar-refractivity contribution in [3.8, 4) is 5.75 Å². The van der Waals surface area contributed by atoms with Gasteiger partial charge in [-0.25, -0.2) is 0 Å². The summed E-state index contributed by atoms with van der Waals surface area (Å²) in [7, 11) is 0. The lowest BCUT2D eigenvalue weighted by atomic mass is 10.1. The zero-order valence-electron chi connectivity index (χ0n) is 13.3. The van der Waals surface area contributed by atoms with Crippen LogP contribution in [-0.2, 0) is 0 Å². The van der Waals surface area contributed by atoms with Crippen LogP contribution in [0, 0.1) is 0 Å². The van der Waals surface area contributed by atoms with E-state index < -0.39 is 0 Å². The fourth-order valence-electron chi connectivity index (χ4n) is 2.13. The maximum atomic E-state index is 6.30. The summed E-state index contributed by atoms with van der Waals surface area (Å²) in [6.45, 7) is 9.78. The maximum absolute atomic E-state index is 6.30. The minimum atomic E-state index is 0.315. The second-order valence-electron chi connectivity index (χ2n) is 5.35. The van der Waals surface area contributed by atoms with Gasteiger partial charge >= 0.3 is 0 Å². The molecule has 0 aliphatic carbocycles. The van der Waals surface area contributed by atoms with E-state index >= 15 is 0 Å². The van der Waals surface area contributed by atoms with E-state index in [0.29, 0.717) is 11.1 Å². The molecular weight excluding hydrogens is 282 g/mol. The predicted molar refractivity (Wildman–Crippen MR) is 92.3 cm³/mol. The fraction of sp³-hybridized carbons (Fsp3) is 0.556. The van der Waals surface area contributed by atoms with E-state index in [4.69, 9.17) is 16.3 Å². The average molecular weight is 310 g/mol. The van der Waals surface area contributed by atoms with Crippen LogP contribution in [0.25, 0.3) is 0 Å². The van der Waals surface area contributed by atoms with Crippen molar-refractivity contribution >= 4 is 11.6 Å². The third-order valence-electron chi connectivity index (χ3n) is 3.47. The van der Waals surface area contributed by atoms with Crippen LogP contribution in [0.1, 0.15) is 57.6 Å². The van der Waals surface area contributed by atoms with Crippen LogP contribution < -0.4 is 10.1 Å². The molecule has 0 saturated heterocycles. The van der Waals surface area contributed by atoms with Gasteiger partial charge in [-0.05, 0) is 63.3 Å². The van der Waals surface area contributed by atoms with E-state index in [1.54, 1.807) is 0 Å². The van der Waals surface area contributed by atoms with E-state index in [2.05, 4.69) is 31.8 Å². The van der Waals surface area contributed by atoms with Crippen LogP contribution >= 0.6 is 11.6 Å². The molecule has 0 fully saturated rings. The van der Waals surface area contributed by atoms with Crippen LogP contribution in [0.2, 0.25) is 5.02 Å². The quantitative estimate of drug-likeness (QED) is 0.429. The number of benzene rings is 1. The molecule has 0 spiro atoms. The van der Waals surface area contributed by atoms with Crippen LogP contribution in [-0.4, -0.2) is 13.2 Å². The third kappa shape index (κ3) is 7.01. The molecule has 1 aromatic carbocycles. The van der Waals surface area contributed by atoms with Crippen LogP contribution in [0.4, 0.5) is 0 Å². The van der Waals surface area contributed by atoms with Gasteiger partial charge in [-0.1, -0.05) is 30.7 Å². The Morgan fingerprint density at radius 2 is 2.14 bits per heavy atom. The summed E-state index contributed by atoms with van der Waals surface area (Å²) in [5.74, 6) is 0.784. The molecule has 0 saturated carbocycles. The lowest BCUT2D eigenvalue weighted by Crippen LogP contribution is -2.19. The molecule has 21 heavy (non-hydrogen) atoms. The Morgan fingerprint density at radius 1 is 1.33 bits per heavy atom. The molecule has 1 atom stereocenters. The highest BCUT2D eigenvalue weighted by Crippen LogP contribution is 2.28. The molecule has 0 amide bonds. The molecule has 3 heteroatoms. The Hall–Kier alpha value is -0.990. The lowest BCUT2D eigenvalue weighted by molar-refractivity contribution is 0.305. The van der Waals surface area contributed by atoms with Gasteiger partial charge in [-0.15, -0.1) is 6.58 Å². The van der Waals surface area contributed by atoms with Crippen molar-refractivity contribution in [1.29, 1.82) is 0 Å². The molecule has 1 aromatic rings. The predicted octanol–water partition coefficient (Wildman–Crippen LogP) is 5.53. The normalized spacial score (nSPS) is 12.1. The average Bonchev–Trinajstić information content (AvgIpc) is 2.49. The first kappa shape index (κ1) is 18.1. The molecule has 0 aliphatic heterocycles. The monoisotopic (exact) mass is 309 g/mol. The van der Waals surface area contributed by atoms with Gasteiger partial charge in [0, 0.05) is 6.04 Å². The van der Waals surface area contributed by atoms with Crippen LogP contribution in [0.5, 0.6) is 5.75 Å². The van der Waals surface area contributed by atoms with Gasteiger partial charge in [0.2, 0.25) is 0 Å². The lowest BCUT2D eigenvalue weighted by Gasteiger charge is -2.15. The Morgan fingerprint density at radius 3 is 2.81 bits per heavy atom. The summed E-state index contributed by atoms with van der Waals surface area (Å²) in [6, 6.07) is 6.38. The van der Waals surface area contributed by atoms with Gasteiger partial charge in [0.1, 0.15) is 5.75 Å². The van der Waals surface area contributed by atoms with Crippen LogP contribution in [0.15, 0.2) is 30.9 Å². The minimum absolute atomic E-state index is 0.315. The number of ether oxygens (including phenoxy) is 1. The molecule has 0 heterocycles. The summed E-state index contributed by atoms with van der Waals surface area (Å²) in [5.41, 5.74) is 1.20. The van der Waals surface area contributed by atoms with Crippen molar-refractivity contribution < 1.29 is 4.74 Å². The summed E-state index contributed by atoms with van der Waals surface area (Å²) in [5, 5.41) is 4.16. The Labute approximate surface area is 134 Å². The first-order chi connectivity index (χ1) is 10.2. The number of unbranched alkanes of at least 4 members (excludes halogenated alkanes) is 3. The van der Waals surface area contributed by atoms with Crippen molar-refractivity contribution in [2.24, 2.45) is 0 Å². The highest BCUT2D eigenvalue weighted by molar-refractivity contribution is 6.32. The number of halogens is 1. The highest BCUT2D eigenvalue weighted by Gasteiger charge is 2.08. The van der Waals surface area contributed by atoms with Crippen molar-refractivity contribution in [2.45, 2.75) is 52.0 Å². The smallest absolute Gasteiger partial charge is 0.137 e. The van der Waals surface area contributed by atoms with Crippen LogP contribution in [0.3, 0.4) is 0 Å². The Bertz CT molecular complexity index is 420. The largest absolute Gasteiger partial charge is 0.492 e. The molecule has 0 aromatic heterocycles. The van der Waals surface area contributed by atoms with E-state index in [9.17, 15) is 0 Å². The van der Waals surface area contributed by atoms with Gasteiger partial charge in [-0.2, -0.15) is 0 Å². The van der Waals surface area contributed by atoms with E-state index in [-0.39, 0.29) is 0 Å². The standard InChI is InChI=1S/C18H28ClNO/c1-4-6-7-8-9-13-21-18-11-10-16(14-17(18)19)15(3)20-12-5-2/h4,10-11,14-15,20H,1,5-9,12-13H2,2-3H3. The summed E-state index contributed by atoms with van der Waals surface area (Å²) in [4.78, 5) is 0. The maximum Gasteiger partial charge on any atom is 0.137 e. The SMILES string of the molecule is C=CCCCCCOc1ccc(C(C)NCCC)cc1Cl. The van der Waals surface area contributed by atoms with Gasteiger partial charge in [0.05, 0.1) is 11.6 Å². The van der Waals surface area contributed by atoms with Gasteiger partial charge in [0.15, 0.2) is 0 Å². The first-order valence-corrected chi connectivity index (χ1v) is 8.33. The second kappa shape index (κ2) is 10.7. The zero-order valence-corrected chi connectivity index (χ0v) is 14.1. The van der Waals surface area contributed by atoms with Gasteiger partial charge in [0.25, 0.3) is 0 Å². The van der Waals surface area contributed by atoms with Crippen molar-refractivity contribution in [2.75, 3.05) is 13.2 Å². The highest BCUT2D eigenvalue weighted by atomic mass is 35.5. The molecule has 0 bridgehead atoms. The van der Waals surface area contributed by atoms with Gasteiger partial charge < -0.3 is 10.1 Å². The summed E-state index contributed by atoms with van der Waals surface area (Å²) < 4.78 is 5.75. The molecule has 2 nitrogen and oxygen atoms in total. The molecule has 0 aliphatic rings. The number of hydrogen-bond acceptors (Lipinski definition) is 2. The van der Waals surface area contributed by atoms with Crippen molar-refractivity contribution in [3.63, 3.8) is 0 Å². The molecule has 1 rings (SSSR count). The first-order valence-electron chi connectivity index (χ1n) is 7.95. The van der Waals surface area contributed by atoms with E-state index in [0.717, 1.165) is 38.2 Å². The third-order valence-corrected chi connectivity index (χ3v) is 3.76. The summed E-state index contributed by atoms with van der Waals surface area (Å²) in [6.07, 6.45) is 7.58. The molecule has 1 unspecified atom stereocenters. The number of allylic oxidation sites excluding steroid dienone is 1. The van der Waals surface area contributed by atoms with E-state index in [1.807, 2.05) is 18.2 Å². The fourth-order valence-corrected chi connectivity index (χ4v) is 2.38. The number of nitrogens with one attached hydrogen (secondary N) is 1. The minimum Gasteiger partial charge on any atom is -0.492 e. The Kier molecular flexibility index (Phi) is 9.20. The Balaban J connectivity index is 2.41. The van der Waals surface area contributed by atoms with E-state index in [1.165, 1.54) is 18.4 Å². The second-order valence-corrected chi connectivity index (χ2v) is 5.76. The number of rotatable bonds is 11. The topological polar surface area (TPSA) is 21.3 Å². The molecule has 1 N–H and O–H groups in total. The number of hydrogen-bond donors (Lipinski definition) is 1. The summed E-state index contributed by atoms with van der Waals surface area (Å²) >= 11 is 6.30. The molecule has 118 valence electrons. The molecular formula is C18H28ClNO. The van der Waals surface area contributed by atoms with Crippen molar-refractivity contribution in [3.05, 3.63) is 41.4 Å². The van der Waals surface area contributed by atoms with Gasteiger partial charge in [-0.3, -0.25) is 0 Å². The van der Waals surface area contributed by atoms with Crippen molar-refractivity contribution in [1.82, 2.24) is 5.32 Å².